The van der Waals surface area contributed by atoms with Gasteiger partial charge in [0.1, 0.15) is 11.2 Å². The lowest BCUT2D eigenvalue weighted by atomic mass is 10.2. The fourth-order valence-corrected chi connectivity index (χ4v) is 3.61. The molecule has 0 aliphatic heterocycles. The molecule has 0 bridgehead atoms. The van der Waals surface area contributed by atoms with Crippen LogP contribution in [-0.4, -0.2) is 42.9 Å². The van der Waals surface area contributed by atoms with Crippen molar-refractivity contribution in [2.45, 2.75) is 52.7 Å². The lowest BCUT2D eigenvalue weighted by Gasteiger charge is -2.19. The first-order valence-electron chi connectivity index (χ1n) is 10.5. The molecule has 8 nitrogen and oxygen atoms in total. The average Bonchev–Trinajstić information content (AvgIpc) is 3.29. The van der Waals surface area contributed by atoms with E-state index in [1.165, 1.54) is 9.36 Å². The predicted molar refractivity (Wildman–Crippen MR) is 138 cm³/mol. The molecule has 4 rings (SSSR count). The number of hydrogen-bond donors (Lipinski definition) is 0. The van der Waals surface area contributed by atoms with E-state index in [1.54, 1.807) is 12.4 Å². The molecule has 0 N–H and O–H groups in total. The summed E-state index contributed by atoms with van der Waals surface area (Å²) < 4.78 is 14.9. The van der Waals surface area contributed by atoms with E-state index < -0.39 is 23.4 Å². The van der Waals surface area contributed by atoms with E-state index in [1.807, 2.05) is 77.9 Å². The van der Waals surface area contributed by atoms with E-state index in [4.69, 9.17) is 9.47 Å². The Hall–Kier alpha value is -2.72. The zero-order valence-electron chi connectivity index (χ0n) is 19.8. The Bertz CT molecular complexity index is 1340. The van der Waals surface area contributed by atoms with Crippen LogP contribution in [0.5, 0.6) is 0 Å². The number of carbonyl (C=O) groups excluding carboxylic acids is 2. The molecule has 0 radical (unpaired) electrons. The van der Waals surface area contributed by atoms with Crippen molar-refractivity contribution in [2.24, 2.45) is 0 Å². The third-order valence-corrected chi connectivity index (χ3v) is 5.13. The smallest absolute Gasteiger partial charge is 0.435 e. The number of benzene rings is 2. The summed E-state index contributed by atoms with van der Waals surface area (Å²) in [4.78, 5) is 23.7. The second-order valence-corrected chi connectivity index (χ2v) is 11.3. The van der Waals surface area contributed by atoms with Crippen LogP contribution in [0.2, 0.25) is 0 Å². The highest BCUT2D eigenvalue weighted by molar-refractivity contribution is 9.10. The highest BCUT2D eigenvalue weighted by Gasteiger charge is 2.20. The van der Waals surface area contributed by atoms with Crippen molar-refractivity contribution < 1.29 is 19.1 Å². The van der Waals surface area contributed by atoms with Gasteiger partial charge in [0.2, 0.25) is 0 Å². The minimum absolute atomic E-state index is 0.463. The number of halogens is 2. The lowest BCUT2D eigenvalue weighted by molar-refractivity contribution is 0.0507. The van der Waals surface area contributed by atoms with Gasteiger partial charge in [-0.05, 0) is 77.9 Å². The molecular weight excluding hydrogens is 568 g/mol. The fourth-order valence-electron chi connectivity index (χ4n) is 2.85. The topological polar surface area (TPSA) is 88.2 Å². The number of fused-ring (bicyclic) bond motifs is 2. The van der Waals surface area contributed by atoms with Gasteiger partial charge in [0, 0.05) is 25.9 Å². The van der Waals surface area contributed by atoms with Crippen LogP contribution < -0.4 is 0 Å². The first kappa shape index (κ1) is 25.9. The Kier molecular flexibility index (Phi) is 7.52. The largest absolute Gasteiger partial charge is 0.442 e. The third kappa shape index (κ3) is 6.89. The van der Waals surface area contributed by atoms with E-state index >= 15 is 0 Å². The van der Waals surface area contributed by atoms with E-state index in [2.05, 4.69) is 42.1 Å². The summed E-state index contributed by atoms with van der Waals surface area (Å²) in [6.07, 6.45) is 2.37. The highest BCUT2D eigenvalue weighted by atomic mass is 79.9. The van der Waals surface area contributed by atoms with Crippen LogP contribution in [-0.2, 0) is 9.47 Å². The summed E-state index contributed by atoms with van der Waals surface area (Å²) in [7, 11) is 0. The second kappa shape index (κ2) is 9.87. The number of ether oxygens (including phenoxy) is 2. The van der Waals surface area contributed by atoms with Gasteiger partial charge in [-0.3, -0.25) is 0 Å². The van der Waals surface area contributed by atoms with Crippen LogP contribution in [0, 0.1) is 0 Å². The van der Waals surface area contributed by atoms with E-state index in [9.17, 15) is 9.59 Å². The quantitative estimate of drug-likeness (QED) is 0.215. The number of nitrogens with zero attached hydrogens (tertiary/aromatic N) is 4. The molecule has 180 valence electrons. The maximum absolute atomic E-state index is 11.9. The van der Waals surface area contributed by atoms with Crippen LogP contribution in [0.3, 0.4) is 0 Å². The van der Waals surface area contributed by atoms with E-state index in [-0.39, 0.29) is 0 Å². The lowest BCUT2D eigenvalue weighted by Crippen LogP contribution is -2.27. The van der Waals surface area contributed by atoms with Crippen molar-refractivity contribution in [3.63, 3.8) is 0 Å². The molecular formula is C24H26Br2N4O4. The van der Waals surface area contributed by atoms with Gasteiger partial charge in [0.25, 0.3) is 0 Å². The summed E-state index contributed by atoms with van der Waals surface area (Å²) in [5.41, 5.74) is 0.460. The molecule has 0 aliphatic rings. The van der Waals surface area contributed by atoms with Crippen molar-refractivity contribution in [2.75, 3.05) is 0 Å². The molecule has 0 unspecified atom stereocenters. The Labute approximate surface area is 214 Å². The predicted octanol–water partition coefficient (Wildman–Crippen LogP) is 7.16. The zero-order chi connectivity index (χ0) is 25.3. The summed E-state index contributed by atoms with van der Waals surface area (Å²) in [6.45, 7) is 11.0. The van der Waals surface area contributed by atoms with Crippen molar-refractivity contribution >= 4 is 65.9 Å². The summed E-state index contributed by atoms with van der Waals surface area (Å²) in [6, 6.07) is 11.2. The molecule has 0 fully saturated rings. The first-order valence-corrected chi connectivity index (χ1v) is 12.1. The monoisotopic (exact) mass is 592 g/mol. The molecule has 0 amide bonds. The maximum Gasteiger partial charge on any atom is 0.435 e. The number of aromatic nitrogens is 4. The minimum atomic E-state index is -0.523. The number of rotatable bonds is 0. The molecule has 2 heterocycles. The Morgan fingerprint density at radius 2 is 1.38 bits per heavy atom. The van der Waals surface area contributed by atoms with Crippen LogP contribution in [0.1, 0.15) is 41.5 Å². The van der Waals surface area contributed by atoms with Crippen molar-refractivity contribution in [3.8, 4) is 0 Å². The van der Waals surface area contributed by atoms with Gasteiger partial charge in [0.15, 0.2) is 0 Å². The fraction of sp³-hybridized carbons (Fsp3) is 0.333. The van der Waals surface area contributed by atoms with Gasteiger partial charge in [-0.2, -0.15) is 19.6 Å². The Morgan fingerprint density at radius 1 is 0.824 bits per heavy atom. The summed E-state index contributed by atoms with van der Waals surface area (Å²) in [5, 5.41) is 9.99. The average molecular weight is 594 g/mol. The van der Waals surface area contributed by atoms with Gasteiger partial charge < -0.3 is 9.47 Å². The Balaban J connectivity index is 0.000000191. The Morgan fingerprint density at radius 3 is 2.00 bits per heavy atom. The third-order valence-electron chi connectivity index (χ3n) is 4.14. The molecule has 34 heavy (non-hydrogen) atoms. The number of hydrogen-bond acceptors (Lipinski definition) is 6. The van der Waals surface area contributed by atoms with Crippen LogP contribution in [0.4, 0.5) is 9.59 Å². The van der Waals surface area contributed by atoms with Gasteiger partial charge in [0.05, 0.1) is 17.2 Å². The molecule has 2 aromatic heterocycles. The second-order valence-electron chi connectivity index (χ2n) is 9.50. The molecule has 0 spiro atoms. The zero-order valence-corrected chi connectivity index (χ0v) is 23.0. The van der Waals surface area contributed by atoms with E-state index in [0.29, 0.717) is 0 Å². The van der Waals surface area contributed by atoms with Gasteiger partial charge in [-0.15, -0.1) is 0 Å². The molecule has 2 aromatic carbocycles. The summed E-state index contributed by atoms with van der Waals surface area (Å²) >= 11 is 6.75. The van der Waals surface area contributed by atoms with E-state index in [0.717, 1.165) is 30.8 Å². The van der Waals surface area contributed by atoms with Crippen molar-refractivity contribution in [1.82, 2.24) is 19.6 Å². The van der Waals surface area contributed by atoms with Crippen molar-refractivity contribution in [1.29, 1.82) is 0 Å². The minimum Gasteiger partial charge on any atom is -0.442 e. The standard InChI is InChI=1S/2C12H13BrN2O2/c1-12(2,3)17-11(16)15-7-8-6-9(13)4-5-10(8)14-15;1-12(2,3)17-11(16)15-10-5-4-9(13)6-8(10)7-14-15/h2*4-7H,1-3H3. The molecule has 0 saturated heterocycles. The van der Waals surface area contributed by atoms with Crippen molar-refractivity contribution in [3.05, 3.63) is 57.7 Å². The first-order chi connectivity index (χ1) is 15.7. The van der Waals surface area contributed by atoms with Gasteiger partial charge >= 0.3 is 12.2 Å². The molecule has 10 heteroatoms. The maximum atomic E-state index is 11.9. The molecule has 0 aliphatic carbocycles. The SMILES string of the molecule is CC(C)(C)OC(=O)n1cc2cc(Br)ccc2n1.CC(C)(C)OC(=O)n1ncc2cc(Br)ccc21. The van der Waals surface area contributed by atoms with Gasteiger partial charge in [-0.25, -0.2) is 9.59 Å². The van der Waals surface area contributed by atoms with Gasteiger partial charge in [-0.1, -0.05) is 31.9 Å². The van der Waals surface area contributed by atoms with Crippen LogP contribution in [0.25, 0.3) is 21.8 Å². The summed E-state index contributed by atoms with van der Waals surface area (Å²) in [5.74, 6) is 0. The van der Waals surface area contributed by atoms with Crippen LogP contribution >= 0.6 is 31.9 Å². The van der Waals surface area contributed by atoms with Crippen LogP contribution in [0.15, 0.2) is 57.7 Å². The highest BCUT2D eigenvalue weighted by Crippen LogP contribution is 2.21. The number of carbonyl (C=O) groups is 2. The molecule has 0 saturated carbocycles. The molecule has 0 atom stereocenters. The normalized spacial score (nSPS) is 11.8. The molecule has 4 aromatic rings.